The van der Waals surface area contributed by atoms with Crippen LogP contribution in [0.3, 0.4) is 0 Å². The van der Waals surface area contributed by atoms with E-state index >= 15 is 0 Å². The van der Waals surface area contributed by atoms with Gasteiger partial charge in [0.2, 0.25) is 0 Å². The lowest BCUT2D eigenvalue weighted by molar-refractivity contribution is 0.239. The number of amides is 2. The zero-order valence-electron chi connectivity index (χ0n) is 12.6. The second kappa shape index (κ2) is 6.13. The van der Waals surface area contributed by atoms with Gasteiger partial charge in [0.05, 0.1) is 19.6 Å². The van der Waals surface area contributed by atoms with Crippen LogP contribution in [-0.4, -0.2) is 19.7 Å². The molecule has 22 heavy (non-hydrogen) atoms. The molecule has 5 heteroatoms. The van der Waals surface area contributed by atoms with Crippen LogP contribution in [0.1, 0.15) is 24.0 Å². The van der Waals surface area contributed by atoms with E-state index in [2.05, 4.69) is 16.7 Å². The Balaban J connectivity index is 1.55. The quantitative estimate of drug-likeness (QED) is 0.862. The summed E-state index contributed by atoms with van der Waals surface area (Å²) in [5.41, 5.74) is 2.13. The number of methoxy groups -OCH3 is 1. The molecule has 1 aliphatic carbocycles. The third-order valence-corrected chi connectivity index (χ3v) is 4.15. The molecule has 1 fully saturated rings. The van der Waals surface area contributed by atoms with Crippen molar-refractivity contribution in [1.29, 1.82) is 0 Å². The molecule has 0 unspecified atom stereocenters. The molecule has 2 amide bonds. The number of para-hydroxylation sites is 1. The monoisotopic (exact) mass is 300 g/mol. The first-order valence-electron chi connectivity index (χ1n) is 7.40. The molecule has 2 N–H and O–H groups in total. The third-order valence-electron chi connectivity index (χ3n) is 4.15. The minimum Gasteiger partial charge on any atom is -0.496 e. The molecule has 3 rings (SSSR count). The lowest BCUT2D eigenvalue weighted by atomic mass is 9.95. The first-order valence-corrected chi connectivity index (χ1v) is 7.40. The minimum absolute atomic E-state index is 0.0135. The largest absolute Gasteiger partial charge is 0.496 e. The molecule has 0 saturated heterocycles. The fourth-order valence-corrected chi connectivity index (χ4v) is 2.66. The van der Waals surface area contributed by atoms with Gasteiger partial charge in [0.1, 0.15) is 5.75 Å². The van der Waals surface area contributed by atoms with Crippen molar-refractivity contribution in [1.82, 2.24) is 10.6 Å². The molecule has 1 aromatic heterocycles. The van der Waals surface area contributed by atoms with Crippen LogP contribution >= 0.6 is 0 Å². The molecule has 1 aromatic carbocycles. The molecular formula is C17H20N2O3. The molecule has 0 radical (unpaired) electrons. The van der Waals surface area contributed by atoms with Gasteiger partial charge >= 0.3 is 6.03 Å². The molecule has 1 saturated carbocycles. The van der Waals surface area contributed by atoms with Crippen molar-refractivity contribution >= 4 is 6.03 Å². The van der Waals surface area contributed by atoms with E-state index in [1.165, 1.54) is 5.56 Å². The summed E-state index contributed by atoms with van der Waals surface area (Å²) < 4.78 is 10.4. The summed E-state index contributed by atoms with van der Waals surface area (Å²) in [5, 5.41) is 5.79. The summed E-state index contributed by atoms with van der Waals surface area (Å²) >= 11 is 0. The minimum atomic E-state index is -0.164. The normalized spacial score (nSPS) is 15.1. The van der Waals surface area contributed by atoms with E-state index in [1.54, 1.807) is 19.6 Å². The van der Waals surface area contributed by atoms with Crippen LogP contribution in [0.5, 0.6) is 5.75 Å². The van der Waals surface area contributed by atoms with Gasteiger partial charge in [-0.2, -0.15) is 0 Å². The average Bonchev–Trinajstić information content (AvgIpc) is 3.16. The van der Waals surface area contributed by atoms with Crippen molar-refractivity contribution in [2.75, 3.05) is 13.7 Å². The molecule has 0 aliphatic heterocycles. The highest BCUT2D eigenvalue weighted by atomic mass is 16.5. The molecule has 5 nitrogen and oxygen atoms in total. The maximum atomic E-state index is 11.9. The average molecular weight is 300 g/mol. The topological polar surface area (TPSA) is 63.5 Å². The van der Waals surface area contributed by atoms with Crippen LogP contribution in [0.2, 0.25) is 0 Å². The lowest BCUT2D eigenvalue weighted by Crippen LogP contribution is -2.39. The highest BCUT2D eigenvalue weighted by Crippen LogP contribution is 2.50. The number of rotatable bonds is 6. The highest BCUT2D eigenvalue weighted by molar-refractivity contribution is 5.74. The Morgan fingerprint density at radius 3 is 2.77 bits per heavy atom. The Hall–Kier alpha value is -2.43. The molecule has 0 atom stereocenters. The van der Waals surface area contributed by atoms with Gasteiger partial charge < -0.3 is 19.8 Å². The van der Waals surface area contributed by atoms with Gasteiger partial charge in [-0.15, -0.1) is 0 Å². The van der Waals surface area contributed by atoms with Gasteiger partial charge in [-0.1, -0.05) is 18.2 Å². The Kier molecular flexibility index (Phi) is 4.04. The fourth-order valence-electron chi connectivity index (χ4n) is 2.66. The molecule has 0 spiro atoms. The second-order valence-corrected chi connectivity index (χ2v) is 5.65. The van der Waals surface area contributed by atoms with Crippen LogP contribution in [0.25, 0.3) is 0 Å². The summed E-state index contributed by atoms with van der Waals surface area (Å²) in [6.45, 7) is 1.08. The van der Waals surface area contributed by atoms with Gasteiger partial charge in [-0.25, -0.2) is 4.79 Å². The van der Waals surface area contributed by atoms with Gasteiger partial charge in [-0.3, -0.25) is 0 Å². The van der Waals surface area contributed by atoms with Crippen LogP contribution in [0, 0.1) is 0 Å². The third kappa shape index (κ3) is 3.08. The van der Waals surface area contributed by atoms with Crippen molar-refractivity contribution in [2.24, 2.45) is 0 Å². The number of furan rings is 1. The standard InChI is InChI=1S/C17H20N2O3/c1-21-15-5-3-2-4-14(15)17(7-8-17)12-19-16(20)18-10-13-6-9-22-11-13/h2-6,9,11H,7-8,10,12H2,1H3,(H2,18,19,20). The predicted octanol–water partition coefficient (Wildman–Crippen LogP) is 2.82. The number of ether oxygens (including phenoxy) is 1. The Bertz CT molecular complexity index is 633. The SMILES string of the molecule is COc1ccccc1C1(CNC(=O)NCc2ccoc2)CC1. The molecular weight excluding hydrogens is 280 g/mol. The van der Waals surface area contributed by atoms with Crippen molar-refractivity contribution < 1.29 is 13.9 Å². The maximum Gasteiger partial charge on any atom is 0.315 e. The van der Waals surface area contributed by atoms with E-state index in [0.29, 0.717) is 13.1 Å². The molecule has 1 heterocycles. The fraction of sp³-hybridized carbons (Fsp3) is 0.353. The van der Waals surface area contributed by atoms with E-state index in [0.717, 1.165) is 24.2 Å². The number of carbonyl (C=O) groups excluding carboxylic acids is 1. The molecule has 1 aliphatic rings. The zero-order valence-corrected chi connectivity index (χ0v) is 12.6. The van der Waals surface area contributed by atoms with Gasteiger partial charge in [0.25, 0.3) is 0 Å². The Morgan fingerprint density at radius 2 is 2.09 bits per heavy atom. The Labute approximate surface area is 129 Å². The van der Waals surface area contributed by atoms with Crippen LogP contribution in [0.4, 0.5) is 4.79 Å². The number of nitrogens with one attached hydrogen (secondary N) is 2. The van der Waals surface area contributed by atoms with Gasteiger partial charge in [0.15, 0.2) is 0 Å². The second-order valence-electron chi connectivity index (χ2n) is 5.65. The smallest absolute Gasteiger partial charge is 0.315 e. The van der Waals surface area contributed by atoms with E-state index in [9.17, 15) is 4.79 Å². The predicted molar refractivity (Wildman–Crippen MR) is 82.9 cm³/mol. The molecule has 0 bridgehead atoms. The van der Waals surface area contributed by atoms with E-state index < -0.39 is 0 Å². The van der Waals surface area contributed by atoms with E-state index in [4.69, 9.17) is 9.15 Å². The van der Waals surface area contributed by atoms with Crippen LogP contribution < -0.4 is 15.4 Å². The summed E-state index contributed by atoms with van der Waals surface area (Å²) in [4.78, 5) is 11.9. The summed E-state index contributed by atoms with van der Waals surface area (Å²) in [5.74, 6) is 0.889. The molecule has 2 aromatic rings. The number of benzene rings is 1. The van der Waals surface area contributed by atoms with Crippen molar-refractivity contribution in [2.45, 2.75) is 24.8 Å². The summed E-state index contributed by atoms with van der Waals surface area (Å²) in [7, 11) is 1.68. The Morgan fingerprint density at radius 1 is 1.27 bits per heavy atom. The van der Waals surface area contributed by atoms with Crippen LogP contribution in [-0.2, 0) is 12.0 Å². The number of carbonyl (C=O) groups is 1. The zero-order chi connectivity index (χ0) is 15.4. The first kappa shape index (κ1) is 14.5. The van der Waals surface area contributed by atoms with Crippen molar-refractivity contribution in [3.63, 3.8) is 0 Å². The van der Waals surface area contributed by atoms with Crippen molar-refractivity contribution in [3.8, 4) is 5.75 Å². The van der Waals surface area contributed by atoms with E-state index in [-0.39, 0.29) is 11.4 Å². The van der Waals surface area contributed by atoms with Crippen molar-refractivity contribution in [3.05, 3.63) is 54.0 Å². The van der Waals surface area contributed by atoms with Crippen LogP contribution in [0.15, 0.2) is 47.3 Å². The number of hydrogen-bond donors (Lipinski definition) is 2. The van der Waals surface area contributed by atoms with Gasteiger partial charge in [-0.05, 0) is 25.0 Å². The molecule has 116 valence electrons. The highest BCUT2D eigenvalue weighted by Gasteiger charge is 2.46. The van der Waals surface area contributed by atoms with E-state index in [1.807, 2.05) is 24.3 Å². The van der Waals surface area contributed by atoms with Gasteiger partial charge in [0, 0.05) is 29.6 Å². The lowest BCUT2D eigenvalue weighted by Gasteiger charge is -2.19. The summed E-state index contributed by atoms with van der Waals surface area (Å²) in [6, 6.07) is 9.69. The summed E-state index contributed by atoms with van der Waals surface area (Å²) in [6.07, 6.45) is 5.35. The first-order chi connectivity index (χ1) is 10.7. The number of hydrogen-bond acceptors (Lipinski definition) is 3. The maximum absolute atomic E-state index is 11.9. The number of urea groups is 1.